The van der Waals surface area contributed by atoms with Crippen molar-refractivity contribution in [1.29, 1.82) is 0 Å². The third-order valence-electron chi connectivity index (χ3n) is 2.55. The summed E-state index contributed by atoms with van der Waals surface area (Å²) in [5, 5.41) is 0. The molecule has 0 N–H and O–H groups in total. The lowest BCUT2D eigenvalue weighted by Gasteiger charge is -1.96. The Kier molecular flexibility index (Phi) is 10.7. The van der Waals surface area contributed by atoms with Crippen LogP contribution in [0.4, 0.5) is 0 Å². The van der Waals surface area contributed by atoms with Crippen molar-refractivity contribution in [3.63, 3.8) is 0 Å². The molecule has 0 fully saturated rings. The van der Waals surface area contributed by atoms with Gasteiger partial charge in [-0.05, 0) is 32.8 Å². The van der Waals surface area contributed by atoms with Gasteiger partial charge in [0.1, 0.15) is 0 Å². The Bertz CT molecular complexity index is 474. The molecule has 0 heterocycles. The lowest BCUT2D eigenvalue weighted by atomic mass is 10.1. The van der Waals surface area contributed by atoms with Crippen LogP contribution in [0, 0.1) is 0 Å². The van der Waals surface area contributed by atoms with E-state index >= 15 is 0 Å². The molecule has 20 heavy (non-hydrogen) atoms. The highest BCUT2D eigenvalue weighted by molar-refractivity contribution is 5.33. The highest BCUT2D eigenvalue weighted by Crippen LogP contribution is 2.07. The average molecular weight is 266 g/mol. The average Bonchev–Trinajstić information content (AvgIpc) is 2.43. The Balaban J connectivity index is 4.38. The van der Waals surface area contributed by atoms with E-state index in [0.29, 0.717) is 0 Å². The molecule has 0 atom stereocenters. The maximum absolute atomic E-state index is 3.98. The summed E-state index contributed by atoms with van der Waals surface area (Å²) >= 11 is 0. The van der Waals surface area contributed by atoms with E-state index in [1.54, 1.807) is 6.08 Å². The topological polar surface area (TPSA) is 0 Å². The van der Waals surface area contributed by atoms with Crippen molar-refractivity contribution >= 4 is 0 Å². The predicted molar refractivity (Wildman–Crippen MR) is 93.7 cm³/mol. The molecule has 0 aromatic rings. The zero-order chi connectivity index (χ0) is 15.2. The fraction of sp³-hybridized carbons (Fsp3) is 0.200. The SMILES string of the molecule is C=C/C=C\C=C(/C)C/C=C(C)\C=C\C(=C)/C=C\C=C/C. The summed E-state index contributed by atoms with van der Waals surface area (Å²) < 4.78 is 0. The fourth-order valence-corrected chi connectivity index (χ4v) is 1.34. The molecule has 0 heteroatoms. The van der Waals surface area contributed by atoms with Gasteiger partial charge in [0.15, 0.2) is 0 Å². The molecule has 0 aliphatic heterocycles. The van der Waals surface area contributed by atoms with Crippen LogP contribution in [0.2, 0.25) is 0 Å². The molecule has 0 amide bonds. The normalized spacial score (nSPS) is 14.2. The van der Waals surface area contributed by atoms with Crippen molar-refractivity contribution in [3.05, 3.63) is 96.7 Å². The smallest absolute Gasteiger partial charge is 0.0133 e. The molecule has 0 saturated carbocycles. The Morgan fingerprint density at radius 3 is 2.35 bits per heavy atom. The first-order chi connectivity index (χ1) is 9.60. The Morgan fingerprint density at radius 2 is 1.70 bits per heavy atom. The second kappa shape index (κ2) is 12.0. The molecule has 0 aromatic heterocycles. The summed E-state index contributed by atoms with van der Waals surface area (Å²) in [6.45, 7) is 13.8. The van der Waals surface area contributed by atoms with Gasteiger partial charge in [-0.25, -0.2) is 0 Å². The van der Waals surface area contributed by atoms with Gasteiger partial charge in [0.05, 0.1) is 0 Å². The van der Waals surface area contributed by atoms with Gasteiger partial charge >= 0.3 is 0 Å². The van der Waals surface area contributed by atoms with Crippen LogP contribution < -0.4 is 0 Å². The molecule has 0 aliphatic carbocycles. The van der Waals surface area contributed by atoms with Crippen LogP contribution in [-0.4, -0.2) is 0 Å². The van der Waals surface area contributed by atoms with E-state index in [2.05, 4.69) is 45.2 Å². The van der Waals surface area contributed by atoms with E-state index < -0.39 is 0 Å². The van der Waals surface area contributed by atoms with Crippen LogP contribution in [0.25, 0.3) is 0 Å². The first kappa shape index (κ1) is 17.9. The summed E-state index contributed by atoms with van der Waals surface area (Å²) in [6, 6.07) is 0. The number of hydrogen-bond acceptors (Lipinski definition) is 0. The molecule has 0 rings (SSSR count). The second-order valence-corrected chi connectivity index (χ2v) is 4.58. The van der Waals surface area contributed by atoms with Crippen molar-refractivity contribution in [2.45, 2.75) is 27.2 Å². The van der Waals surface area contributed by atoms with Crippen molar-refractivity contribution < 1.29 is 0 Å². The monoisotopic (exact) mass is 266 g/mol. The van der Waals surface area contributed by atoms with Gasteiger partial charge in [0, 0.05) is 0 Å². The maximum atomic E-state index is 3.98. The van der Waals surface area contributed by atoms with Crippen LogP contribution in [0.5, 0.6) is 0 Å². The third-order valence-corrected chi connectivity index (χ3v) is 2.55. The van der Waals surface area contributed by atoms with E-state index in [0.717, 1.165) is 12.0 Å². The van der Waals surface area contributed by atoms with E-state index in [1.807, 2.05) is 49.5 Å². The van der Waals surface area contributed by atoms with Crippen LogP contribution in [-0.2, 0) is 0 Å². The second-order valence-electron chi connectivity index (χ2n) is 4.58. The first-order valence-electron chi connectivity index (χ1n) is 6.88. The molecule has 0 bridgehead atoms. The minimum atomic E-state index is 0.957. The van der Waals surface area contributed by atoms with Crippen molar-refractivity contribution in [2.75, 3.05) is 0 Å². The molecule has 106 valence electrons. The largest absolute Gasteiger partial charge is 0.0991 e. The van der Waals surface area contributed by atoms with Crippen LogP contribution >= 0.6 is 0 Å². The Morgan fingerprint density at radius 1 is 0.950 bits per heavy atom. The molecule has 0 radical (unpaired) electrons. The lowest BCUT2D eigenvalue weighted by molar-refractivity contribution is 1.19. The zero-order valence-corrected chi connectivity index (χ0v) is 13.0. The molecule has 0 nitrogen and oxygen atoms in total. The molecule has 0 aromatic carbocycles. The zero-order valence-electron chi connectivity index (χ0n) is 13.0. The molecule has 0 unspecified atom stereocenters. The number of hydrogen-bond donors (Lipinski definition) is 0. The molecule has 0 aliphatic rings. The van der Waals surface area contributed by atoms with Crippen molar-refractivity contribution in [3.8, 4) is 0 Å². The van der Waals surface area contributed by atoms with Gasteiger partial charge in [-0.15, -0.1) is 0 Å². The van der Waals surface area contributed by atoms with Crippen LogP contribution in [0.1, 0.15) is 27.2 Å². The van der Waals surface area contributed by atoms with Gasteiger partial charge < -0.3 is 0 Å². The van der Waals surface area contributed by atoms with Gasteiger partial charge in [-0.3, -0.25) is 0 Å². The third kappa shape index (κ3) is 11.0. The van der Waals surface area contributed by atoms with Gasteiger partial charge in [0.2, 0.25) is 0 Å². The highest BCUT2D eigenvalue weighted by Gasteiger charge is 1.86. The number of allylic oxidation sites excluding steroid dienone is 14. The van der Waals surface area contributed by atoms with Gasteiger partial charge in [-0.1, -0.05) is 91.1 Å². The van der Waals surface area contributed by atoms with E-state index in [1.165, 1.54) is 11.1 Å². The summed E-state index contributed by atoms with van der Waals surface area (Å²) in [5.74, 6) is 0. The molecule has 0 spiro atoms. The van der Waals surface area contributed by atoms with E-state index in [4.69, 9.17) is 0 Å². The minimum absolute atomic E-state index is 0.957. The fourth-order valence-electron chi connectivity index (χ4n) is 1.34. The lowest BCUT2D eigenvalue weighted by Crippen LogP contribution is -1.75. The quantitative estimate of drug-likeness (QED) is 0.455. The minimum Gasteiger partial charge on any atom is -0.0991 e. The first-order valence-corrected chi connectivity index (χ1v) is 6.88. The summed E-state index contributed by atoms with van der Waals surface area (Å²) in [4.78, 5) is 0. The van der Waals surface area contributed by atoms with Crippen LogP contribution in [0.15, 0.2) is 96.7 Å². The molecular formula is C20H26. The van der Waals surface area contributed by atoms with Gasteiger partial charge in [-0.2, -0.15) is 0 Å². The molecular weight excluding hydrogens is 240 g/mol. The predicted octanol–water partition coefficient (Wildman–Crippen LogP) is 6.26. The summed E-state index contributed by atoms with van der Waals surface area (Å²) in [5.41, 5.74) is 3.56. The molecule has 0 saturated heterocycles. The number of rotatable bonds is 8. The van der Waals surface area contributed by atoms with Gasteiger partial charge in [0.25, 0.3) is 0 Å². The summed E-state index contributed by atoms with van der Waals surface area (Å²) in [6.07, 6.45) is 23.1. The van der Waals surface area contributed by atoms with E-state index in [9.17, 15) is 0 Å². The van der Waals surface area contributed by atoms with Crippen molar-refractivity contribution in [2.24, 2.45) is 0 Å². The highest BCUT2D eigenvalue weighted by atomic mass is 13.9. The van der Waals surface area contributed by atoms with Crippen molar-refractivity contribution in [1.82, 2.24) is 0 Å². The maximum Gasteiger partial charge on any atom is -0.0133 e. The summed E-state index contributed by atoms with van der Waals surface area (Å²) in [7, 11) is 0. The van der Waals surface area contributed by atoms with Crippen LogP contribution in [0.3, 0.4) is 0 Å². The Labute approximate surface area is 124 Å². The Hall–Kier alpha value is -2.08. The standard InChI is InChI=1S/C20H26/c1-6-8-10-12-18(3)14-16-20(5)17-15-19(4)13-11-9-7-2/h6-13,15-17H,1,4,14H2,2-3,5H3/b9-7-,10-8-,13-11-,17-15+,18-12+,20-16-. The van der Waals surface area contributed by atoms with E-state index in [-0.39, 0.29) is 0 Å².